The van der Waals surface area contributed by atoms with Crippen molar-refractivity contribution in [3.63, 3.8) is 0 Å². The summed E-state index contributed by atoms with van der Waals surface area (Å²) in [6.45, 7) is 6.81. The van der Waals surface area contributed by atoms with Gasteiger partial charge < -0.3 is 10.6 Å². The molecule has 17 heavy (non-hydrogen) atoms. The number of fused-ring (bicyclic) bond motifs is 1. The third-order valence-corrected chi connectivity index (χ3v) is 3.06. The van der Waals surface area contributed by atoms with E-state index in [1.807, 2.05) is 12.1 Å². The van der Waals surface area contributed by atoms with Gasteiger partial charge in [-0.1, -0.05) is 18.2 Å². The highest BCUT2D eigenvalue weighted by Gasteiger charge is 2.09. The summed E-state index contributed by atoms with van der Waals surface area (Å²) in [5, 5.41) is 1.20. The summed E-state index contributed by atoms with van der Waals surface area (Å²) in [4.78, 5) is 6.89. The Hall–Kier alpha value is -1.61. The number of anilines is 1. The van der Waals surface area contributed by atoms with Gasteiger partial charge in [0, 0.05) is 30.7 Å². The molecule has 3 heteroatoms. The molecular formula is C14H19N3. The van der Waals surface area contributed by atoms with E-state index in [0.29, 0.717) is 6.54 Å². The molecule has 0 saturated carbocycles. The first kappa shape index (κ1) is 11.9. The van der Waals surface area contributed by atoms with Crippen LogP contribution in [0.1, 0.15) is 19.5 Å². The number of nitrogens with two attached hydrogens (primary N) is 1. The topological polar surface area (TPSA) is 42.1 Å². The highest BCUT2D eigenvalue weighted by Crippen LogP contribution is 2.26. The van der Waals surface area contributed by atoms with Crippen molar-refractivity contribution in [2.24, 2.45) is 5.73 Å². The zero-order chi connectivity index (χ0) is 12.3. The van der Waals surface area contributed by atoms with Gasteiger partial charge in [-0.15, -0.1) is 0 Å². The zero-order valence-electron chi connectivity index (χ0n) is 10.5. The molecule has 1 heterocycles. The second-order valence-corrected chi connectivity index (χ2v) is 4.03. The van der Waals surface area contributed by atoms with Gasteiger partial charge in [0.25, 0.3) is 0 Å². The first-order chi connectivity index (χ1) is 8.30. The van der Waals surface area contributed by atoms with Gasteiger partial charge in [0.2, 0.25) is 0 Å². The second kappa shape index (κ2) is 5.15. The van der Waals surface area contributed by atoms with Crippen LogP contribution in [-0.4, -0.2) is 18.1 Å². The molecule has 0 spiro atoms. The Bertz CT molecular complexity index is 504. The SMILES string of the molecule is CCN(CC)c1cc(CN)nc2ccccc12. The number of nitrogens with zero attached hydrogens (tertiary/aromatic N) is 2. The van der Waals surface area contributed by atoms with Gasteiger partial charge in [-0.05, 0) is 26.0 Å². The number of hydrogen-bond donors (Lipinski definition) is 1. The molecule has 0 fully saturated rings. The lowest BCUT2D eigenvalue weighted by atomic mass is 10.1. The predicted octanol–water partition coefficient (Wildman–Crippen LogP) is 2.54. The predicted molar refractivity (Wildman–Crippen MR) is 73.2 cm³/mol. The summed E-state index contributed by atoms with van der Waals surface area (Å²) in [6.07, 6.45) is 0. The number of hydrogen-bond acceptors (Lipinski definition) is 3. The van der Waals surface area contributed by atoms with E-state index >= 15 is 0 Å². The van der Waals surface area contributed by atoms with E-state index in [9.17, 15) is 0 Å². The molecule has 0 atom stereocenters. The van der Waals surface area contributed by atoms with Gasteiger partial charge in [-0.25, -0.2) is 0 Å². The van der Waals surface area contributed by atoms with Crippen LogP contribution in [0, 0.1) is 0 Å². The van der Waals surface area contributed by atoms with E-state index in [1.165, 1.54) is 11.1 Å². The van der Waals surface area contributed by atoms with Crippen molar-refractivity contribution >= 4 is 16.6 Å². The van der Waals surface area contributed by atoms with Gasteiger partial charge in [0.15, 0.2) is 0 Å². The molecule has 2 rings (SSSR count). The summed E-state index contributed by atoms with van der Waals surface area (Å²) in [6, 6.07) is 10.3. The van der Waals surface area contributed by atoms with Crippen molar-refractivity contribution in [3.05, 3.63) is 36.0 Å². The Morgan fingerprint density at radius 3 is 2.53 bits per heavy atom. The summed E-state index contributed by atoms with van der Waals surface area (Å²) in [5.74, 6) is 0. The highest BCUT2D eigenvalue weighted by atomic mass is 15.1. The third kappa shape index (κ3) is 2.24. The standard InChI is InChI=1S/C14H19N3/c1-3-17(4-2)14-9-11(10-15)16-13-8-6-5-7-12(13)14/h5-9H,3-4,10,15H2,1-2H3. The van der Waals surface area contributed by atoms with Crippen molar-refractivity contribution in [3.8, 4) is 0 Å². The van der Waals surface area contributed by atoms with Crippen molar-refractivity contribution in [1.29, 1.82) is 0 Å². The van der Waals surface area contributed by atoms with Crippen molar-refractivity contribution in [2.45, 2.75) is 20.4 Å². The first-order valence-corrected chi connectivity index (χ1v) is 6.13. The molecule has 2 N–H and O–H groups in total. The second-order valence-electron chi connectivity index (χ2n) is 4.03. The number of aromatic nitrogens is 1. The van der Waals surface area contributed by atoms with Crippen LogP contribution in [0.15, 0.2) is 30.3 Å². The maximum atomic E-state index is 5.71. The Morgan fingerprint density at radius 1 is 1.18 bits per heavy atom. The Labute approximate surface area is 102 Å². The van der Waals surface area contributed by atoms with Crippen LogP contribution >= 0.6 is 0 Å². The number of para-hydroxylation sites is 1. The lowest BCUT2D eigenvalue weighted by molar-refractivity contribution is 0.865. The van der Waals surface area contributed by atoms with Crippen LogP contribution in [0.4, 0.5) is 5.69 Å². The molecule has 0 radical (unpaired) electrons. The van der Waals surface area contributed by atoms with Gasteiger partial charge in [-0.2, -0.15) is 0 Å². The van der Waals surface area contributed by atoms with Crippen LogP contribution in [-0.2, 0) is 6.54 Å². The molecule has 1 aromatic heterocycles. The zero-order valence-corrected chi connectivity index (χ0v) is 10.5. The number of rotatable bonds is 4. The fourth-order valence-corrected chi connectivity index (χ4v) is 2.14. The Kier molecular flexibility index (Phi) is 3.59. The molecule has 0 saturated heterocycles. The minimum absolute atomic E-state index is 0.485. The summed E-state index contributed by atoms with van der Waals surface area (Å²) in [5.41, 5.74) is 8.92. The summed E-state index contributed by atoms with van der Waals surface area (Å²) in [7, 11) is 0. The van der Waals surface area contributed by atoms with E-state index < -0.39 is 0 Å². The normalized spacial score (nSPS) is 10.8. The summed E-state index contributed by atoms with van der Waals surface area (Å²) >= 11 is 0. The quantitative estimate of drug-likeness (QED) is 0.876. The molecule has 0 aliphatic heterocycles. The number of benzene rings is 1. The smallest absolute Gasteiger partial charge is 0.0726 e. The van der Waals surface area contributed by atoms with Gasteiger partial charge in [-0.3, -0.25) is 4.98 Å². The number of pyridine rings is 1. The Morgan fingerprint density at radius 2 is 1.88 bits per heavy atom. The Balaban J connectivity index is 2.65. The summed E-state index contributed by atoms with van der Waals surface area (Å²) < 4.78 is 0. The average molecular weight is 229 g/mol. The van der Waals surface area contributed by atoms with Crippen molar-refractivity contribution < 1.29 is 0 Å². The molecule has 0 bridgehead atoms. The third-order valence-electron chi connectivity index (χ3n) is 3.06. The van der Waals surface area contributed by atoms with E-state index in [4.69, 9.17) is 5.73 Å². The lowest BCUT2D eigenvalue weighted by Crippen LogP contribution is -2.22. The van der Waals surface area contributed by atoms with E-state index in [1.54, 1.807) is 0 Å². The fraction of sp³-hybridized carbons (Fsp3) is 0.357. The van der Waals surface area contributed by atoms with Gasteiger partial charge in [0.1, 0.15) is 0 Å². The molecule has 1 aromatic carbocycles. The minimum Gasteiger partial charge on any atom is -0.371 e. The van der Waals surface area contributed by atoms with Crippen molar-refractivity contribution in [2.75, 3.05) is 18.0 Å². The molecule has 0 amide bonds. The van der Waals surface area contributed by atoms with E-state index in [0.717, 1.165) is 24.3 Å². The van der Waals surface area contributed by atoms with Crippen LogP contribution in [0.3, 0.4) is 0 Å². The van der Waals surface area contributed by atoms with Crippen molar-refractivity contribution in [1.82, 2.24) is 4.98 Å². The first-order valence-electron chi connectivity index (χ1n) is 6.13. The molecule has 0 aliphatic rings. The maximum absolute atomic E-state index is 5.71. The van der Waals surface area contributed by atoms with E-state index in [2.05, 4.69) is 41.9 Å². The van der Waals surface area contributed by atoms with Gasteiger partial charge in [0.05, 0.1) is 11.2 Å². The minimum atomic E-state index is 0.485. The fourth-order valence-electron chi connectivity index (χ4n) is 2.14. The molecule has 3 nitrogen and oxygen atoms in total. The lowest BCUT2D eigenvalue weighted by Gasteiger charge is -2.23. The average Bonchev–Trinajstić information content (AvgIpc) is 2.39. The van der Waals surface area contributed by atoms with Gasteiger partial charge >= 0.3 is 0 Å². The maximum Gasteiger partial charge on any atom is 0.0726 e. The molecule has 0 unspecified atom stereocenters. The van der Waals surface area contributed by atoms with Crippen LogP contribution in [0.2, 0.25) is 0 Å². The van der Waals surface area contributed by atoms with Crippen LogP contribution in [0.5, 0.6) is 0 Å². The van der Waals surface area contributed by atoms with Crippen LogP contribution < -0.4 is 10.6 Å². The highest BCUT2D eigenvalue weighted by molar-refractivity contribution is 5.91. The monoisotopic (exact) mass is 229 g/mol. The molecule has 2 aromatic rings. The molecule has 90 valence electrons. The molecule has 0 aliphatic carbocycles. The molecular weight excluding hydrogens is 210 g/mol. The van der Waals surface area contributed by atoms with E-state index in [-0.39, 0.29) is 0 Å². The van der Waals surface area contributed by atoms with Crippen LogP contribution in [0.25, 0.3) is 10.9 Å². The largest absolute Gasteiger partial charge is 0.371 e.